The Morgan fingerprint density at radius 2 is 1.33 bits per heavy atom. The van der Waals surface area contributed by atoms with Crippen molar-refractivity contribution in [2.75, 3.05) is 0 Å². The van der Waals surface area contributed by atoms with Crippen LogP contribution in [0.25, 0.3) is 0 Å². The lowest BCUT2D eigenvalue weighted by atomic mass is 10.1. The van der Waals surface area contributed by atoms with E-state index in [2.05, 4.69) is 60.8 Å². The summed E-state index contributed by atoms with van der Waals surface area (Å²) in [6.07, 6.45) is 29.8. The number of thioether (sulfide) groups is 1. The maximum atomic E-state index is 11.4. The third-order valence-electron chi connectivity index (χ3n) is 4.32. The molecule has 1 atom stereocenters. The molecule has 1 aliphatic rings. The summed E-state index contributed by atoms with van der Waals surface area (Å²) in [7, 11) is 0. The second kappa shape index (κ2) is 16.6. The zero-order valence-corrected chi connectivity index (χ0v) is 17.5. The van der Waals surface area contributed by atoms with Gasteiger partial charge in [-0.2, -0.15) is 0 Å². The molecular formula is C23H35NO2S. The van der Waals surface area contributed by atoms with E-state index in [0.29, 0.717) is 0 Å². The van der Waals surface area contributed by atoms with Gasteiger partial charge in [-0.1, -0.05) is 93.0 Å². The number of nitrogens with one attached hydrogen (secondary N) is 1. The normalized spacial score (nSPS) is 18.0. The van der Waals surface area contributed by atoms with E-state index in [1.165, 1.54) is 19.3 Å². The number of amides is 2. The average Bonchev–Trinajstić information content (AvgIpc) is 2.98. The summed E-state index contributed by atoms with van der Waals surface area (Å²) in [5, 5.41) is 2.00. The summed E-state index contributed by atoms with van der Waals surface area (Å²) in [4.78, 5) is 22.5. The van der Waals surface area contributed by atoms with Crippen LogP contribution in [-0.4, -0.2) is 16.4 Å². The number of imide groups is 1. The Morgan fingerprint density at radius 1 is 0.778 bits per heavy atom. The van der Waals surface area contributed by atoms with Crippen molar-refractivity contribution >= 4 is 22.9 Å². The highest BCUT2D eigenvalue weighted by atomic mass is 32.2. The number of carbonyl (C=O) groups is 2. The molecule has 0 aromatic rings. The first-order valence-corrected chi connectivity index (χ1v) is 11.2. The Balaban J connectivity index is 1.86. The van der Waals surface area contributed by atoms with Crippen LogP contribution >= 0.6 is 11.8 Å². The van der Waals surface area contributed by atoms with Crippen molar-refractivity contribution in [1.29, 1.82) is 0 Å². The van der Waals surface area contributed by atoms with Crippen LogP contribution in [0.3, 0.4) is 0 Å². The van der Waals surface area contributed by atoms with E-state index < -0.39 is 0 Å². The van der Waals surface area contributed by atoms with Crippen molar-refractivity contribution in [2.24, 2.45) is 0 Å². The van der Waals surface area contributed by atoms with Crippen LogP contribution in [0.1, 0.15) is 77.6 Å². The summed E-state index contributed by atoms with van der Waals surface area (Å²) in [6.45, 7) is 2.15. The molecule has 0 aromatic carbocycles. The van der Waals surface area contributed by atoms with Gasteiger partial charge in [-0.25, -0.2) is 0 Å². The minimum atomic E-state index is -0.192. The maximum absolute atomic E-state index is 11.4. The smallest absolute Gasteiger partial charge is 0.286 e. The maximum Gasteiger partial charge on any atom is 0.286 e. The van der Waals surface area contributed by atoms with Crippen LogP contribution in [0.4, 0.5) is 4.79 Å². The molecule has 1 heterocycles. The number of carbonyl (C=O) groups excluding carboxylic acids is 2. The van der Waals surface area contributed by atoms with Crippen molar-refractivity contribution in [3.8, 4) is 0 Å². The van der Waals surface area contributed by atoms with Gasteiger partial charge in [0.1, 0.15) is 0 Å². The highest BCUT2D eigenvalue weighted by Gasteiger charge is 2.30. The van der Waals surface area contributed by atoms with E-state index in [4.69, 9.17) is 0 Å². The Bertz CT molecular complexity index is 534. The van der Waals surface area contributed by atoms with Crippen LogP contribution in [-0.2, 0) is 4.79 Å². The highest BCUT2D eigenvalue weighted by Crippen LogP contribution is 2.24. The topological polar surface area (TPSA) is 46.2 Å². The van der Waals surface area contributed by atoms with Gasteiger partial charge >= 0.3 is 0 Å². The zero-order chi connectivity index (χ0) is 19.6. The molecule has 1 unspecified atom stereocenters. The molecule has 0 saturated carbocycles. The number of allylic oxidation sites excluding steroid dienone is 8. The standard InChI is InChI=1S/C23H35NO2S/c1-2-3-4-5-6-7-8-9-10-11-12-13-14-15-16-17-18-19-20-21-22(25)24-23(26)27-21/h3-4,6-7,9-10,12-13,21H,2,5,8,11,14-20H2,1H3,(H,24,25,26)/b4-3-,7-6?,10-9?,13-12-. The van der Waals surface area contributed by atoms with Gasteiger partial charge < -0.3 is 0 Å². The van der Waals surface area contributed by atoms with Crippen LogP contribution in [0, 0.1) is 0 Å². The molecule has 1 aliphatic heterocycles. The molecule has 4 heteroatoms. The lowest BCUT2D eigenvalue weighted by Crippen LogP contribution is -2.23. The Kier molecular flexibility index (Phi) is 14.5. The second-order valence-electron chi connectivity index (χ2n) is 6.73. The fourth-order valence-electron chi connectivity index (χ4n) is 2.80. The molecule has 0 radical (unpaired) electrons. The second-order valence-corrected chi connectivity index (χ2v) is 7.90. The lowest BCUT2D eigenvalue weighted by Gasteiger charge is -2.04. The van der Waals surface area contributed by atoms with Crippen LogP contribution in [0.15, 0.2) is 48.6 Å². The van der Waals surface area contributed by atoms with Crippen LogP contribution in [0.2, 0.25) is 0 Å². The number of hydrogen-bond donors (Lipinski definition) is 1. The summed E-state index contributed by atoms with van der Waals surface area (Å²) in [5.74, 6) is -0.107. The molecule has 2 amide bonds. The fraction of sp³-hybridized carbons (Fsp3) is 0.565. The van der Waals surface area contributed by atoms with Gasteiger partial charge in [0.15, 0.2) is 0 Å². The zero-order valence-electron chi connectivity index (χ0n) is 16.7. The minimum absolute atomic E-state index is 0.107. The van der Waals surface area contributed by atoms with E-state index >= 15 is 0 Å². The molecule has 1 N–H and O–H groups in total. The van der Waals surface area contributed by atoms with Crippen molar-refractivity contribution in [2.45, 2.75) is 82.8 Å². The Morgan fingerprint density at radius 3 is 1.93 bits per heavy atom. The van der Waals surface area contributed by atoms with E-state index in [1.54, 1.807) is 0 Å². The summed E-state index contributed by atoms with van der Waals surface area (Å²) < 4.78 is 0. The highest BCUT2D eigenvalue weighted by molar-refractivity contribution is 8.15. The SMILES string of the molecule is CC/C=C\CC=CCC=CC/C=C\CCCCCCCC1SC(=O)NC1=O. The fourth-order valence-corrected chi connectivity index (χ4v) is 3.67. The van der Waals surface area contributed by atoms with Crippen LogP contribution < -0.4 is 5.32 Å². The molecule has 1 saturated heterocycles. The molecule has 27 heavy (non-hydrogen) atoms. The minimum Gasteiger partial charge on any atom is -0.286 e. The first-order valence-electron chi connectivity index (χ1n) is 10.4. The first kappa shape index (κ1) is 23.5. The predicted octanol–water partition coefficient (Wildman–Crippen LogP) is 6.87. The molecule has 0 bridgehead atoms. The van der Waals surface area contributed by atoms with Crippen molar-refractivity contribution in [1.82, 2.24) is 5.32 Å². The van der Waals surface area contributed by atoms with Crippen molar-refractivity contribution in [3.05, 3.63) is 48.6 Å². The number of unbranched alkanes of at least 4 members (excludes halogenated alkanes) is 5. The molecular weight excluding hydrogens is 354 g/mol. The van der Waals surface area contributed by atoms with Gasteiger partial charge in [0, 0.05) is 0 Å². The van der Waals surface area contributed by atoms with Crippen LogP contribution in [0.5, 0.6) is 0 Å². The Labute approximate surface area is 169 Å². The van der Waals surface area contributed by atoms with E-state index in [9.17, 15) is 9.59 Å². The summed E-state index contributed by atoms with van der Waals surface area (Å²) >= 11 is 1.14. The Hall–Kier alpha value is -1.55. The lowest BCUT2D eigenvalue weighted by molar-refractivity contribution is -0.119. The third-order valence-corrected chi connectivity index (χ3v) is 5.37. The van der Waals surface area contributed by atoms with Gasteiger partial charge in [0.25, 0.3) is 5.24 Å². The number of hydrogen-bond acceptors (Lipinski definition) is 3. The van der Waals surface area contributed by atoms with E-state index in [1.807, 2.05) is 0 Å². The third kappa shape index (κ3) is 13.3. The van der Waals surface area contributed by atoms with E-state index in [0.717, 1.165) is 63.1 Å². The molecule has 0 aromatic heterocycles. The van der Waals surface area contributed by atoms with Gasteiger partial charge in [0.05, 0.1) is 5.25 Å². The van der Waals surface area contributed by atoms with E-state index in [-0.39, 0.29) is 16.4 Å². The van der Waals surface area contributed by atoms with Crippen molar-refractivity contribution < 1.29 is 9.59 Å². The predicted molar refractivity (Wildman–Crippen MR) is 118 cm³/mol. The van der Waals surface area contributed by atoms with Gasteiger partial charge in [0.2, 0.25) is 5.91 Å². The summed E-state index contributed by atoms with van der Waals surface area (Å²) in [6, 6.07) is 0. The average molecular weight is 390 g/mol. The van der Waals surface area contributed by atoms with Crippen molar-refractivity contribution in [3.63, 3.8) is 0 Å². The monoisotopic (exact) mass is 389 g/mol. The summed E-state index contributed by atoms with van der Waals surface area (Å²) in [5.41, 5.74) is 0. The molecule has 0 spiro atoms. The number of rotatable bonds is 15. The molecule has 3 nitrogen and oxygen atoms in total. The molecule has 1 rings (SSSR count). The first-order chi connectivity index (χ1) is 13.2. The quantitative estimate of drug-likeness (QED) is 0.245. The molecule has 0 aliphatic carbocycles. The van der Waals surface area contributed by atoms with Gasteiger partial charge in [-0.3, -0.25) is 14.9 Å². The molecule has 150 valence electrons. The molecule has 1 fully saturated rings. The van der Waals surface area contributed by atoms with Gasteiger partial charge in [-0.15, -0.1) is 0 Å². The largest absolute Gasteiger partial charge is 0.286 e. The van der Waals surface area contributed by atoms with Gasteiger partial charge in [-0.05, 0) is 44.9 Å².